The second kappa shape index (κ2) is 9.60. The van der Waals surface area contributed by atoms with Crippen molar-refractivity contribution in [2.45, 2.75) is 13.8 Å². The molecule has 1 N–H and O–H groups in total. The van der Waals surface area contributed by atoms with E-state index in [2.05, 4.69) is 39.2 Å². The van der Waals surface area contributed by atoms with Gasteiger partial charge in [0.1, 0.15) is 35.6 Å². The predicted molar refractivity (Wildman–Crippen MR) is 113 cm³/mol. The van der Waals surface area contributed by atoms with E-state index in [0.717, 1.165) is 41.2 Å². The van der Waals surface area contributed by atoms with E-state index in [4.69, 9.17) is 9.47 Å². The Hall–Kier alpha value is -3.28. The van der Waals surface area contributed by atoms with Gasteiger partial charge in [0.15, 0.2) is 0 Å². The molecule has 28 heavy (non-hydrogen) atoms. The van der Waals surface area contributed by atoms with Crippen LogP contribution in [0, 0.1) is 6.92 Å². The first kappa shape index (κ1) is 19.5. The molecule has 6 heteroatoms. The molecule has 3 aromatic rings. The molecule has 0 unspecified atom stereocenters. The zero-order valence-corrected chi connectivity index (χ0v) is 16.6. The first-order valence-electron chi connectivity index (χ1n) is 9.38. The highest BCUT2D eigenvalue weighted by Crippen LogP contribution is 2.24. The van der Waals surface area contributed by atoms with Crippen molar-refractivity contribution in [3.8, 4) is 11.5 Å². The van der Waals surface area contributed by atoms with Crippen LogP contribution in [0.2, 0.25) is 0 Å². The molecule has 0 fully saturated rings. The smallest absolute Gasteiger partial charge is 0.138 e. The number of benzene rings is 2. The Morgan fingerprint density at radius 3 is 2.36 bits per heavy atom. The first-order chi connectivity index (χ1) is 13.7. The second-order valence-electron chi connectivity index (χ2n) is 6.19. The Labute approximate surface area is 166 Å². The number of ether oxygens (including phenoxy) is 2. The molecule has 2 aromatic carbocycles. The maximum absolute atomic E-state index is 5.75. The molecule has 0 aliphatic carbocycles. The molecule has 3 rings (SSSR count). The van der Waals surface area contributed by atoms with Crippen LogP contribution in [-0.4, -0.2) is 36.8 Å². The zero-order chi connectivity index (χ0) is 19.8. The highest BCUT2D eigenvalue weighted by molar-refractivity contribution is 5.62. The maximum Gasteiger partial charge on any atom is 0.138 e. The van der Waals surface area contributed by atoms with Crippen LogP contribution in [0.5, 0.6) is 11.5 Å². The summed E-state index contributed by atoms with van der Waals surface area (Å²) in [4.78, 5) is 11.3. The summed E-state index contributed by atoms with van der Waals surface area (Å²) >= 11 is 0. The van der Waals surface area contributed by atoms with Crippen molar-refractivity contribution in [2.75, 3.05) is 37.0 Å². The fourth-order valence-corrected chi connectivity index (χ4v) is 2.89. The van der Waals surface area contributed by atoms with Crippen LogP contribution in [-0.2, 0) is 0 Å². The molecule has 0 saturated heterocycles. The average molecular weight is 378 g/mol. The van der Waals surface area contributed by atoms with Crippen molar-refractivity contribution < 1.29 is 9.47 Å². The quantitative estimate of drug-likeness (QED) is 0.556. The number of para-hydroxylation sites is 1. The number of methoxy groups -OCH3 is 1. The Morgan fingerprint density at radius 1 is 0.964 bits per heavy atom. The molecule has 0 radical (unpaired) electrons. The molecular weight excluding hydrogens is 352 g/mol. The van der Waals surface area contributed by atoms with E-state index in [-0.39, 0.29) is 0 Å². The number of nitrogens with one attached hydrogen (secondary N) is 1. The van der Waals surface area contributed by atoms with Crippen molar-refractivity contribution >= 4 is 17.3 Å². The van der Waals surface area contributed by atoms with Crippen LogP contribution in [0.15, 0.2) is 60.7 Å². The number of hydrogen-bond donors (Lipinski definition) is 1. The Bertz CT molecular complexity index is 869. The van der Waals surface area contributed by atoms with Gasteiger partial charge in [-0.25, -0.2) is 9.97 Å². The average Bonchev–Trinajstić information content (AvgIpc) is 2.73. The summed E-state index contributed by atoms with van der Waals surface area (Å²) in [5.74, 6) is 4.01. The second-order valence-corrected chi connectivity index (χ2v) is 6.19. The molecule has 0 spiro atoms. The van der Waals surface area contributed by atoms with Crippen LogP contribution >= 0.6 is 0 Å². The summed E-state index contributed by atoms with van der Waals surface area (Å²) < 4.78 is 10.9. The minimum atomic E-state index is 0.529. The fourth-order valence-electron chi connectivity index (χ4n) is 2.89. The first-order valence-corrected chi connectivity index (χ1v) is 9.38. The van der Waals surface area contributed by atoms with E-state index in [0.29, 0.717) is 13.2 Å². The SMILES string of the molecule is CCN(c1ccccc1)c1cc(NCCOc2ccc(OC)cc2)nc(C)n1. The summed E-state index contributed by atoms with van der Waals surface area (Å²) in [5, 5.41) is 3.32. The van der Waals surface area contributed by atoms with Gasteiger partial charge in [-0.3, -0.25) is 0 Å². The third-order valence-electron chi connectivity index (χ3n) is 4.22. The van der Waals surface area contributed by atoms with Gasteiger partial charge in [0.05, 0.1) is 13.7 Å². The van der Waals surface area contributed by atoms with Gasteiger partial charge in [-0.05, 0) is 50.2 Å². The number of aryl methyl sites for hydroxylation is 1. The molecule has 146 valence electrons. The molecule has 1 heterocycles. The van der Waals surface area contributed by atoms with Gasteiger partial charge < -0.3 is 19.7 Å². The summed E-state index contributed by atoms with van der Waals surface area (Å²) in [6.45, 7) is 6.00. The van der Waals surface area contributed by atoms with Gasteiger partial charge in [-0.2, -0.15) is 0 Å². The van der Waals surface area contributed by atoms with Crippen LogP contribution in [0.25, 0.3) is 0 Å². The van der Waals surface area contributed by atoms with E-state index in [1.54, 1.807) is 7.11 Å². The molecule has 1 aromatic heterocycles. The van der Waals surface area contributed by atoms with Crippen LogP contribution in [0.4, 0.5) is 17.3 Å². The normalized spacial score (nSPS) is 10.4. The van der Waals surface area contributed by atoms with Gasteiger partial charge in [0.2, 0.25) is 0 Å². The topological polar surface area (TPSA) is 59.5 Å². The lowest BCUT2D eigenvalue weighted by Gasteiger charge is -2.23. The molecule has 0 aliphatic rings. The van der Waals surface area contributed by atoms with Crippen molar-refractivity contribution in [2.24, 2.45) is 0 Å². The van der Waals surface area contributed by atoms with E-state index >= 15 is 0 Å². The Balaban J connectivity index is 1.61. The van der Waals surface area contributed by atoms with Crippen LogP contribution in [0.3, 0.4) is 0 Å². The van der Waals surface area contributed by atoms with Crippen molar-refractivity contribution in [1.29, 1.82) is 0 Å². The lowest BCUT2D eigenvalue weighted by atomic mass is 10.3. The zero-order valence-electron chi connectivity index (χ0n) is 16.6. The summed E-state index contributed by atoms with van der Waals surface area (Å²) in [6, 6.07) is 19.7. The van der Waals surface area contributed by atoms with Gasteiger partial charge >= 0.3 is 0 Å². The van der Waals surface area contributed by atoms with Crippen molar-refractivity contribution in [1.82, 2.24) is 9.97 Å². The lowest BCUT2D eigenvalue weighted by Crippen LogP contribution is -2.19. The van der Waals surface area contributed by atoms with E-state index in [1.807, 2.05) is 55.5 Å². The number of anilines is 3. The molecule has 0 aliphatic heterocycles. The summed E-state index contributed by atoms with van der Waals surface area (Å²) in [6.07, 6.45) is 0. The van der Waals surface area contributed by atoms with E-state index in [9.17, 15) is 0 Å². The summed E-state index contributed by atoms with van der Waals surface area (Å²) in [7, 11) is 1.65. The molecular formula is C22H26N4O2. The highest BCUT2D eigenvalue weighted by Gasteiger charge is 2.11. The monoisotopic (exact) mass is 378 g/mol. The standard InChI is InChI=1S/C22H26N4O2/c1-4-26(18-8-6-5-7-9-18)22-16-21(24-17(2)25-22)23-14-15-28-20-12-10-19(27-3)11-13-20/h5-13,16H,4,14-15H2,1-3H3,(H,23,24,25). The minimum Gasteiger partial charge on any atom is -0.497 e. The van der Waals surface area contributed by atoms with Crippen molar-refractivity contribution in [3.63, 3.8) is 0 Å². The van der Waals surface area contributed by atoms with Crippen molar-refractivity contribution in [3.05, 3.63) is 66.5 Å². The molecule has 0 amide bonds. The Kier molecular flexibility index (Phi) is 6.68. The minimum absolute atomic E-state index is 0.529. The van der Waals surface area contributed by atoms with Gasteiger partial charge in [-0.1, -0.05) is 18.2 Å². The largest absolute Gasteiger partial charge is 0.497 e. The number of hydrogen-bond acceptors (Lipinski definition) is 6. The van der Waals surface area contributed by atoms with Gasteiger partial charge in [0.25, 0.3) is 0 Å². The molecule has 6 nitrogen and oxygen atoms in total. The van der Waals surface area contributed by atoms with E-state index in [1.165, 1.54) is 0 Å². The molecule has 0 saturated carbocycles. The van der Waals surface area contributed by atoms with Crippen LogP contribution in [0.1, 0.15) is 12.7 Å². The highest BCUT2D eigenvalue weighted by atomic mass is 16.5. The summed E-state index contributed by atoms with van der Waals surface area (Å²) in [5.41, 5.74) is 1.11. The number of nitrogens with zero attached hydrogens (tertiary/aromatic N) is 3. The third-order valence-corrected chi connectivity index (χ3v) is 4.22. The maximum atomic E-state index is 5.75. The number of rotatable bonds is 9. The molecule has 0 bridgehead atoms. The van der Waals surface area contributed by atoms with Gasteiger partial charge in [-0.15, -0.1) is 0 Å². The fraction of sp³-hybridized carbons (Fsp3) is 0.273. The number of aromatic nitrogens is 2. The lowest BCUT2D eigenvalue weighted by molar-refractivity contribution is 0.331. The Morgan fingerprint density at radius 2 is 1.68 bits per heavy atom. The van der Waals surface area contributed by atoms with Crippen LogP contribution < -0.4 is 19.7 Å². The third kappa shape index (κ3) is 5.13. The predicted octanol–water partition coefficient (Wildman–Crippen LogP) is 4.44. The van der Waals surface area contributed by atoms with Gasteiger partial charge in [0, 0.05) is 18.3 Å². The molecule has 0 atom stereocenters. The van der Waals surface area contributed by atoms with E-state index < -0.39 is 0 Å².